The van der Waals surface area contributed by atoms with Crippen molar-refractivity contribution in [3.05, 3.63) is 120 Å². The van der Waals surface area contributed by atoms with Gasteiger partial charge in [0.05, 0.1) is 12.0 Å². The summed E-state index contributed by atoms with van der Waals surface area (Å²) in [5.74, 6) is 2.17. The highest BCUT2D eigenvalue weighted by molar-refractivity contribution is 7.97. The number of amides is 1. The first-order chi connectivity index (χ1) is 17.4. The van der Waals surface area contributed by atoms with Crippen molar-refractivity contribution in [2.45, 2.75) is 16.4 Å². The quantitative estimate of drug-likeness (QED) is 0.262. The molecule has 0 aromatic heterocycles. The minimum atomic E-state index is -3.77. The summed E-state index contributed by atoms with van der Waals surface area (Å²) >= 11 is 1.82. The van der Waals surface area contributed by atoms with Crippen molar-refractivity contribution in [3.63, 3.8) is 0 Å². The minimum Gasteiger partial charge on any atom is -0.497 e. The Kier molecular flexibility index (Phi) is 8.30. The van der Waals surface area contributed by atoms with Crippen molar-refractivity contribution in [1.29, 1.82) is 0 Å². The fourth-order valence-corrected chi connectivity index (χ4v) is 5.42. The molecule has 0 bridgehead atoms. The molecule has 0 fully saturated rings. The Morgan fingerprint density at radius 2 is 1.33 bits per heavy atom. The Balaban J connectivity index is 1.31. The molecule has 8 heteroatoms. The molecule has 2 N–H and O–H groups in total. The molecule has 184 valence electrons. The van der Waals surface area contributed by atoms with Gasteiger partial charge in [0.1, 0.15) is 5.75 Å². The number of thioether (sulfide) groups is 1. The van der Waals surface area contributed by atoms with Crippen LogP contribution in [0.25, 0.3) is 0 Å². The number of hydrogen-bond acceptors (Lipinski definition) is 5. The van der Waals surface area contributed by atoms with Crippen LogP contribution in [0.3, 0.4) is 0 Å². The maximum Gasteiger partial charge on any atom is 0.261 e. The number of carbonyl (C=O) groups is 1. The lowest BCUT2D eigenvalue weighted by molar-refractivity contribution is 0.102. The van der Waals surface area contributed by atoms with Crippen LogP contribution >= 0.6 is 11.8 Å². The van der Waals surface area contributed by atoms with Crippen LogP contribution in [0, 0.1) is 0 Å². The zero-order valence-electron chi connectivity index (χ0n) is 19.7. The summed E-state index contributed by atoms with van der Waals surface area (Å²) in [4.78, 5) is 12.7. The number of ether oxygens (including phenoxy) is 1. The van der Waals surface area contributed by atoms with Crippen LogP contribution in [0.5, 0.6) is 5.75 Å². The molecule has 0 unspecified atom stereocenters. The van der Waals surface area contributed by atoms with E-state index in [4.69, 9.17) is 4.74 Å². The average Bonchev–Trinajstić information content (AvgIpc) is 2.90. The predicted molar refractivity (Wildman–Crippen MR) is 146 cm³/mol. The standard InChI is InChI=1S/C28H26N2O4S2/c1-34-26-15-11-25(12-16-26)30-36(32,33)27-17-13-24(14-18-27)29-28(31)23-9-7-22(8-10-23)20-35-19-21-5-3-2-4-6-21/h2-18,30H,19-20H2,1H3,(H,29,31). The number of carbonyl (C=O) groups excluding carboxylic acids is 1. The smallest absolute Gasteiger partial charge is 0.261 e. The number of rotatable bonds is 10. The van der Waals surface area contributed by atoms with E-state index in [1.165, 1.54) is 17.7 Å². The third-order valence-corrected chi connectivity index (χ3v) is 7.83. The van der Waals surface area contributed by atoms with Gasteiger partial charge in [0.2, 0.25) is 0 Å². The number of methoxy groups -OCH3 is 1. The molecule has 6 nitrogen and oxygen atoms in total. The topological polar surface area (TPSA) is 84.5 Å². The molecule has 0 atom stereocenters. The van der Waals surface area contributed by atoms with Gasteiger partial charge in [-0.3, -0.25) is 9.52 Å². The fourth-order valence-electron chi connectivity index (χ4n) is 3.41. The molecular formula is C28H26N2O4S2. The van der Waals surface area contributed by atoms with Crippen LogP contribution in [0.2, 0.25) is 0 Å². The van der Waals surface area contributed by atoms with Gasteiger partial charge in [-0.2, -0.15) is 11.8 Å². The molecule has 4 aromatic carbocycles. The van der Waals surface area contributed by atoms with E-state index in [-0.39, 0.29) is 10.8 Å². The average molecular weight is 519 g/mol. The van der Waals surface area contributed by atoms with Gasteiger partial charge >= 0.3 is 0 Å². The van der Waals surface area contributed by atoms with Crippen molar-refractivity contribution < 1.29 is 17.9 Å². The van der Waals surface area contributed by atoms with Gasteiger partial charge in [-0.25, -0.2) is 8.42 Å². The highest BCUT2D eigenvalue weighted by atomic mass is 32.2. The third-order valence-electron chi connectivity index (χ3n) is 5.36. The second kappa shape index (κ2) is 11.8. The fraction of sp³-hybridized carbons (Fsp3) is 0.107. The van der Waals surface area contributed by atoms with E-state index >= 15 is 0 Å². The summed E-state index contributed by atoms with van der Waals surface area (Å²) in [7, 11) is -2.22. The normalized spacial score (nSPS) is 11.0. The first kappa shape index (κ1) is 25.3. The molecule has 0 aliphatic heterocycles. The van der Waals surface area contributed by atoms with Gasteiger partial charge in [0, 0.05) is 28.4 Å². The second-order valence-corrected chi connectivity index (χ2v) is 10.7. The van der Waals surface area contributed by atoms with E-state index in [0.29, 0.717) is 22.7 Å². The van der Waals surface area contributed by atoms with Gasteiger partial charge in [-0.15, -0.1) is 0 Å². The number of sulfonamides is 1. The van der Waals surface area contributed by atoms with Crippen LogP contribution < -0.4 is 14.8 Å². The molecule has 0 saturated heterocycles. The van der Waals surface area contributed by atoms with Crippen LogP contribution in [0.4, 0.5) is 11.4 Å². The largest absolute Gasteiger partial charge is 0.497 e. The van der Waals surface area contributed by atoms with E-state index in [9.17, 15) is 13.2 Å². The van der Waals surface area contributed by atoms with Gasteiger partial charge in [-0.1, -0.05) is 42.5 Å². The van der Waals surface area contributed by atoms with Crippen LogP contribution in [0.1, 0.15) is 21.5 Å². The Hall–Kier alpha value is -3.75. The van der Waals surface area contributed by atoms with Crippen molar-refractivity contribution >= 4 is 39.1 Å². The highest BCUT2D eigenvalue weighted by Gasteiger charge is 2.15. The third kappa shape index (κ3) is 6.90. The summed E-state index contributed by atoms with van der Waals surface area (Å²) in [5, 5.41) is 2.81. The molecule has 0 radical (unpaired) electrons. The summed E-state index contributed by atoms with van der Waals surface area (Å²) in [6, 6.07) is 30.4. The number of benzene rings is 4. The van der Waals surface area contributed by atoms with Gasteiger partial charge in [-0.05, 0) is 71.8 Å². The zero-order valence-corrected chi connectivity index (χ0v) is 21.3. The molecule has 0 aliphatic rings. The lowest BCUT2D eigenvalue weighted by atomic mass is 10.1. The molecule has 0 aliphatic carbocycles. The van der Waals surface area contributed by atoms with Crippen molar-refractivity contribution in [2.75, 3.05) is 17.1 Å². The monoisotopic (exact) mass is 518 g/mol. The van der Waals surface area contributed by atoms with E-state index in [1.54, 1.807) is 55.6 Å². The van der Waals surface area contributed by atoms with Gasteiger partial charge in [0.15, 0.2) is 0 Å². The Labute approximate surface area is 215 Å². The minimum absolute atomic E-state index is 0.0914. The Bertz CT molecular complexity index is 1390. The molecule has 36 heavy (non-hydrogen) atoms. The lowest BCUT2D eigenvalue weighted by Crippen LogP contribution is -2.14. The maximum absolute atomic E-state index is 12.7. The van der Waals surface area contributed by atoms with Crippen LogP contribution in [-0.2, 0) is 21.5 Å². The maximum atomic E-state index is 12.7. The molecule has 4 rings (SSSR count). The van der Waals surface area contributed by atoms with Crippen LogP contribution in [0.15, 0.2) is 108 Å². The summed E-state index contributed by atoms with van der Waals surface area (Å²) < 4.78 is 32.9. The number of nitrogens with one attached hydrogen (secondary N) is 2. The molecular weight excluding hydrogens is 492 g/mol. The number of anilines is 2. The SMILES string of the molecule is COc1ccc(NS(=O)(=O)c2ccc(NC(=O)c3ccc(CSCc4ccccc4)cc3)cc2)cc1. The molecule has 0 saturated carbocycles. The van der Waals surface area contributed by atoms with Crippen molar-refractivity contribution in [2.24, 2.45) is 0 Å². The van der Waals surface area contributed by atoms with Gasteiger partial charge < -0.3 is 10.1 Å². The molecule has 1 amide bonds. The van der Waals surface area contributed by atoms with Gasteiger partial charge in [0.25, 0.3) is 15.9 Å². The zero-order chi connectivity index (χ0) is 25.4. The van der Waals surface area contributed by atoms with Crippen LogP contribution in [-0.4, -0.2) is 21.4 Å². The lowest BCUT2D eigenvalue weighted by Gasteiger charge is -2.10. The first-order valence-corrected chi connectivity index (χ1v) is 13.9. The molecule has 0 spiro atoms. The summed E-state index contributed by atoms with van der Waals surface area (Å²) in [6.45, 7) is 0. The molecule has 4 aromatic rings. The van der Waals surface area contributed by atoms with Crippen molar-refractivity contribution in [3.8, 4) is 5.75 Å². The van der Waals surface area contributed by atoms with Crippen molar-refractivity contribution in [1.82, 2.24) is 0 Å². The molecule has 0 heterocycles. The second-order valence-electron chi connectivity index (χ2n) is 7.99. The first-order valence-electron chi connectivity index (χ1n) is 11.2. The summed E-state index contributed by atoms with van der Waals surface area (Å²) in [5.41, 5.74) is 3.89. The van der Waals surface area contributed by atoms with E-state index in [1.807, 2.05) is 42.1 Å². The van der Waals surface area contributed by atoms with E-state index in [0.717, 1.165) is 17.1 Å². The van der Waals surface area contributed by atoms with E-state index in [2.05, 4.69) is 22.2 Å². The highest BCUT2D eigenvalue weighted by Crippen LogP contribution is 2.22. The number of hydrogen-bond donors (Lipinski definition) is 2. The Morgan fingerprint density at radius 3 is 1.94 bits per heavy atom. The summed E-state index contributed by atoms with van der Waals surface area (Å²) in [6.07, 6.45) is 0. The predicted octanol–water partition coefficient (Wildman–Crippen LogP) is 6.18. The van der Waals surface area contributed by atoms with E-state index < -0.39 is 10.0 Å². The Morgan fingerprint density at radius 1 is 0.750 bits per heavy atom.